The van der Waals surface area contributed by atoms with E-state index in [4.69, 9.17) is 8.94 Å². The van der Waals surface area contributed by atoms with Gasteiger partial charge >= 0.3 is 0 Å². The summed E-state index contributed by atoms with van der Waals surface area (Å²) in [7, 11) is 0. The minimum absolute atomic E-state index is 0.647. The van der Waals surface area contributed by atoms with Crippen molar-refractivity contribution < 1.29 is 8.94 Å². The number of hydrogen-bond donors (Lipinski definition) is 0. The van der Waals surface area contributed by atoms with Crippen LogP contribution >= 0.6 is 0 Å². The molecule has 2 aromatic heterocycles. The summed E-state index contributed by atoms with van der Waals surface area (Å²) in [6.07, 6.45) is 6.98. The van der Waals surface area contributed by atoms with Gasteiger partial charge in [-0.3, -0.25) is 4.90 Å². The fourth-order valence-corrected chi connectivity index (χ4v) is 3.12. The van der Waals surface area contributed by atoms with E-state index in [0.29, 0.717) is 6.04 Å². The monoisotopic (exact) mass is 274 g/mol. The highest BCUT2D eigenvalue weighted by atomic mass is 16.5. The highest BCUT2D eigenvalue weighted by Gasteiger charge is 2.25. The zero-order valence-corrected chi connectivity index (χ0v) is 12.3. The van der Waals surface area contributed by atoms with E-state index in [0.717, 1.165) is 30.3 Å². The fraction of sp³-hybridized carbons (Fsp3) is 0.562. The Morgan fingerprint density at radius 2 is 2.05 bits per heavy atom. The SMILES string of the molecule is Cc1noc(C)c1CN(Cc1ccco1)C1CCCC1. The molecule has 0 aliphatic heterocycles. The Labute approximate surface area is 119 Å². The molecular formula is C16H22N2O2. The summed E-state index contributed by atoms with van der Waals surface area (Å²) in [5, 5.41) is 4.07. The van der Waals surface area contributed by atoms with Crippen LogP contribution in [0.1, 0.15) is 48.5 Å². The lowest BCUT2D eigenvalue weighted by molar-refractivity contribution is 0.166. The molecule has 0 unspecified atom stereocenters. The average Bonchev–Trinajstić information content (AvgIpc) is 3.15. The lowest BCUT2D eigenvalue weighted by Gasteiger charge is -2.27. The fourth-order valence-electron chi connectivity index (χ4n) is 3.12. The molecule has 20 heavy (non-hydrogen) atoms. The van der Waals surface area contributed by atoms with E-state index in [1.165, 1.54) is 31.2 Å². The van der Waals surface area contributed by atoms with Gasteiger partial charge in [0.1, 0.15) is 11.5 Å². The molecule has 0 saturated heterocycles. The topological polar surface area (TPSA) is 42.4 Å². The third-order valence-electron chi connectivity index (χ3n) is 4.32. The molecule has 1 aliphatic rings. The number of aromatic nitrogens is 1. The molecule has 0 N–H and O–H groups in total. The minimum atomic E-state index is 0.647. The smallest absolute Gasteiger partial charge is 0.138 e. The lowest BCUT2D eigenvalue weighted by atomic mass is 10.1. The first-order valence-corrected chi connectivity index (χ1v) is 7.42. The van der Waals surface area contributed by atoms with Gasteiger partial charge in [0.05, 0.1) is 18.5 Å². The van der Waals surface area contributed by atoms with Crippen molar-refractivity contribution in [2.24, 2.45) is 0 Å². The highest BCUT2D eigenvalue weighted by molar-refractivity contribution is 5.20. The van der Waals surface area contributed by atoms with Gasteiger partial charge in [-0.05, 0) is 38.8 Å². The molecule has 1 saturated carbocycles. The number of furan rings is 1. The Morgan fingerprint density at radius 1 is 1.25 bits per heavy atom. The van der Waals surface area contributed by atoms with E-state index in [1.54, 1.807) is 6.26 Å². The van der Waals surface area contributed by atoms with Gasteiger partial charge in [-0.15, -0.1) is 0 Å². The van der Waals surface area contributed by atoms with Crippen LogP contribution in [-0.4, -0.2) is 16.1 Å². The number of aryl methyl sites for hydroxylation is 2. The van der Waals surface area contributed by atoms with Crippen LogP contribution in [0.3, 0.4) is 0 Å². The van der Waals surface area contributed by atoms with Crippen molar-refractivity contribution >= 4 is 0 Å². The maximum atomic E-state index is 5.52. The van der Waals surface area contributed by atoms with Crippen LogP contribution in [0.15, 0.2) is 27.3 Å². The largest absolute Gasteiger partial charge is 0.468 e. The Bertz CT molecular complexity index is 519. The normalized spacial score (nSPS) is 16.4. The van der Waals surface area contributed by atoms with Crippen molar-refractivity contribution in [3.8, 4) is 0 Å². The first-order chi connectivity index (χ1) is 9.74. The molecule has 3 rings (SSSR count). The second kappa shape index (κ2) is 5.83. The van der Waals surface area contributed by atoms with Gasteiger partial charge in [0.15, 0.2) is 0 Å². The minimum Gasteiger partial charge on any atom is -0.468 e. The van der Waals surface area contributed by atoms with Crippen LogP contribution in [0.5, 0.6) is 0 Å². The van der Waals surface area contributed by atoms with Crippen molar-refractivity contribution in [3.05, 3.63) is 41.2 Å². The molecule has 0 radical (unpaired) electrons. The number of nitrogens with zero attached hydrogens (tertiary/aromatic N) is 2. The molecule has 0 atom stereocenters. The zero-order valence-electron chi connectivity index (χ0n) is 12.3. The van der Waals surface area contributed by atoms with E-state index < -0.39 is 0 Å². The molecule has 1 fully saturated rings. The summed E-state index contributed by atoms with van der Waals surface area (Å²) in [5.41, 5.74) is 2.23. The number of rotatable bonds is 5. The maximum absolute atomic E-state index is 5.52. The maximum Gasteiger partial charge on any atom is 0.138 e. The molecule has 4 nitrogen and oxygen atoms in total. The van der Waals surface area contributed by atoms with Gasteiger partial charge in [0.25, 0.3) is 0 Å². The second-order valence-corrected chi connectivity index (χ2v) is 5.73. The predicted octanol–water partition coefficient (Wildman–Crippen LogP) is 3.83. The molecule has 2 heterocycles. The predicted molar refractivity (Wildman–Crippen MR) is 76.2 cm³/mol. The molecule has 0 bridgehead atoms. The Hall–Kier alpha value is -1.55. The van der Waals surface area contributed by atoms with Crippen molar-refractivity contribution in [2.45, 2.75) is 58.7 Å². The molecule has 0 spiro atoms. The van der Waals surface area contributed by atoms with E-state index >= 15 is 0 Å². The highest BCUT2D eigenvalue weighted by Crippen LogP contribution is 2.28. The Morgan fingerprint density at radius 3 is 2.65 bits per heavy atom. The molecule has 0 aromatic carbocycles. The summed E-state index contributed by atoms with van der Waals surface area (Å²) >= 11 is 0. The summed E-state index contributed by atoms with van der Waals surface area (Å²) in [5.74, 6) is 1.97. The van der Waals surface area contributed by atoms with E-state index in [2.05, 4.69) is 16.1 Å². The van der Waals surface area contributed by atoms with Crippen molar-refractivity contribution in [2.75, 3.05) is 0 Å². The molecule has 4 heteroatoms. The molecular weight excluding hydrogens is 252 g/mol. The van der Waals surface area contributed by atoms with Crippen LogP contribution in [0.4, 0.5) is 0 Å². The van der Waals surface area contributed by atoms with Crippen LogP contribution < -0.4 is 0 Å². The van der Waals surface area contributed by atoms with Gasteiger partial charge in [-0.2, -0.15) is 0 Å². The molecule has 0 amide bonds. The Balaban J connectivity index is 1.78. The summed E-state index contributed by atoms with van der Waals surface area (Å²) < 4.78 is 10.8. The van der Waals surface area contributed by atoms with E-state index in [-0.39, 0.29) is 0 Å². The second-order valence-electron chi connectivity index (χ2n) is 5.73. The Kier molecular flexibility index (Phi) is 3.92. The van der Waals surface area contributed by atoms with Crippen molar-refractivity contribution in [1.29, 1.82) is 0 Å². The van der Waals surface area contributed by atoms with Crippen LogP contribution in [0.2, 0.25) is 0 Å². The van der Waals surface area contributed by atoms with Gasteiger partial charge < -0.3 is 8.94 Å². The van der Waals surface area contributed by atoms with Crippen LogP contribution in [0, 0.1) is 13.8 Å². The van der Waals surface area contributed by atoms with Crippen molar-refractivity contribution in [1.82, 2.24) is 10.1 Å². The summed E-state index contributed by atoms with van der Waals surface area (Å²) in [4.78, 5) is 2.51. The quantitative estimate of drug-likeness (QED) is 0.831. The van der Waals surface area contributed by atoms with E-state index in [1.807, 2.05) is 19.9 Å². The first-order valence-electron chi connectivity index (χ1n) is 7.42. The van der Waals surface area contributed by atoms with Crippen LogP contribution in [0.25, 0.3) is 0 Å². The summed E-state index contributed by atoms with van der Waals surface area (Å²) in [6.45, 7) is 5.77. The van der Waals surface area contributed by atoms with Crippen molar-refractivity contribution in [3.63, 3.8) is 0 Å². The molecule has 2 aromatic rings. The molecule has 108 valence electrons. The zero-order chi connectivity index (χ0) is 13.9. The van der Waals surface area contributed by atoms with Crippen LogP contribution in [-0.2, 0) is 13.1 Å². The van der Waals surface area contributed by atoms with Gasteiger partial charge in [0, 0.05) is 18.2 Å². The van der Waals surface area contributed by atoms with Gasteiger partial charge in [0.2, 0.25) is 0 Å². The van der Waals surface area contributed by atoms with Gasteiger partial charge in [-0.25, -0.2) is 0 Å². The molecule has 1 aliphatic carbocycles. The number of hydrogen-bond acceptors (Lipinski definition) is 4. The summed E-state index contributed by atoms with van der Waals surface area (Å²) in [6, 6.07) is 4.65. The third kappa shape index (κ3) is 2.80. The average molecular weight is 274 g/mol. The standard InChI is InChI=1S/C16H22N2O2/c1-12-16(13(2)20-17-12)11-18(14-6-3-4-7-14)10-15-8-5-9-19-15/h5,8-9,14H,3-4,6-7,10-11H2,1-2H3. The lowest BCUT2D eigenvalue weighted by Crippen LogP contribution is -2.32. The van der Waals surface area contributed by atoms with Gasteiger partial charge in [-0.1, -0.05) is 18.0 Å². The third-order valence-corrected chi connectivity index (χ3v) is 4.32. The first kappa shape index (κ1) is 13.4. The van der Waals surface area contributed by atoms with E-state index in [9.17, 15) is 0 Å².